The van der Waals surface area contributed by atoms with Gasteiger partial charge in [-0.05, 0) is 38.7 Å². The van der Waals surface area contributed by atoms with Crippen LogP contribution in [0.2, 0.25) is 0 Å². The zero-order valence-corrected chi connectivity index (χ0v) is 12.9. The van der Waals surface area contributed by atoms with Crippen molar-refractivity contribution in [1.82, 2.24) is 25.0 Å². The Hall–Kier alpha value is -2.21. The van der Waals surface area contributed by atoms with Crippen LogP contribution in [0.15, 0.2) is 24.3 Å². The predicted octanol–water partition coefficient (Wildman–Crippen LogP) is 1.45. The number of rotatable bonds is 5. The van der Waals surface area contributed by atoms with E-state index in [9.17, 15) is 4.79 Å². The molecule has 1 N–H and O–H groups in total. The second kappa shape index (κ2) is 6.49. The van der Waals surface area contributed by atoms with E-state index < -0.39 is 0 Å². The quantitative estimate of drug-likeness (QED) is 0.904. The van der Waals surface area contributed by atoms with Gasteiger partial charge in [-0.1, -0.05) is 12.1 Å². The summed E-state index contributed by atoms with van der Waals surface area (Å²) in [5, 5.41) is 6.82. The molecule has 1 heterocycles. The third-order valence-electron chi connectivity index (χ3n) is 3.07. The average molecular weight is 287 g/mol. The molecule has 0 saturated carbocycles. The molecule has 2 aromatic rings. The average Bonchev–Trinajstić information content (AvgIpc) is 2.83. The van der Waals surface area contributed by atoms with Crippen molar-refractivity contribution >= 4 is 5.91 Å². The summed E-state index contributed by atoms with van der Waals surface area (Å²) in [7, 11) is 5.79. The maximum atomic E-state index is 12.3. The molecule has 1 aromatic carbocycles. The molecule has 0 aliphatic rings. The number of aromatic amines is 1. The normalized spacial score (nSPS) is 10.9. The van der Waals surface area contributed by atoms with Gasteiger partial charge >= 0.3 is 0 Å². The molecule has 21 heavy (non-hydrogen) atoms. The summed E-state index contributed by atoms with van der Waals surface area (Å²) in [6.07, 6.45) is 0. The van der Waals surface area contributed by atoms with Crippen molar-refractivity contribution in [3.63, 3.8) is 0 Å². The van der Waals surface area contributed by atoms with Crippen LogP contribution >= 0.6 is 0 Å². The predicted molar refractivity (Wildman–Crippen MR) is 80.8 cm³/mol. The van der Waals surface area contributed by atoms with E-state index >= 15 is 0 Å². The summed E-state index contributed by atoms with van der Waals surface area (Å²) < 4.78 is 0. The molecule has 0 atom stereocenters. The van der Waals surface area contributed by atoms with Crippen LogP contribution in [0.1, 0.15) is 27.6 Å². The van der Waals surface area contributed by atoms with Crippen LogP contribution in [0.4, 0.5) is 0 Å². The topological polar surface area (TPSA) is 65.1 Å². The van der Waals surface area contributed by atoms with E-state index in [1.807, 2.05) is 45.3 Å². The Labute approximate surface area is 124 Å². The SMILES string of the molecule is Cc1nc(CN(C)C(=O)c2ccc(CN(C)C)cc2)n[nH]1. The largest absolute Gasteiger partial charge is 0.334 e. The maximum Gasteiger partial charge on any atom is 0.254 e. The van der Waals surface area contributed by atoms with Gasteiger partial charge in [-0.25, -0.2) is 4.98 Å². The molecule has 0 saturated heterocycles. The van der Waals surface area contributed by atoms with Crippen molar-refractivity contribution in [2.45, 2.75) is 20.0 Å². The summed E-state index contributed by atoms with van der Waals surface area (Å²) in [4.78, 5) is 20.3. The number of nitrogens with one attached hydrogen (secondary N) is 1. The van der Waals surface area contributed by atoms with Gasteiger partial charge in [-0.2, -0.15) is 5.10 Å². The standard InChI is InChI=1S/C15H21N5O/c1-11-16-14(18-17-11)10-20(4)15(21)13-7-5-12(6-8-13)9-19(2)3/h5-8H,9-10H2,1-4H3,(H,16,17,18). The lowest BCUT2D eigenvalue weighted by Crippen LogP contribution is -2.26. The molecule has 1 aromatic heterocycles. The highest BCUT2D eigenvalue weighted by Gasteiger charge is 2.14. The smallest absolute Gasteiger partial charge is 0.254 e. The van der Waals surface area contributed by atoms with E-state index in [1.165, 1.54) is 5.56 Å². The maximum absolute atomic E-state index is 12.3. The number of H-pyrrole nitrogens is 1. The number of amides is 1. The zero-order valence-electron chi connectivity index (χ0n) is 12.9. The van der Waals surface area contributed by atoms with E-state index in [-0.39, 0.29) is 5.91 Å². The van der Waals surface area contributed by atoms with Crippen LogP contribution in [-0.4, -0.2) is 52.0 Å². The van der Waals surface area contributed by atoms with Crippen LogP contribution in [0.3, 0.4) is 0 Å². The number of aromatic nitrogens is 3. The second-order valence-electron chi connectivity index (χ2n) is 5.43. The number of carbonyl (C=O) groups excluding carboxylic acids is 1. The molecule has 0 spiro atoms. The van der Waals surface area contributed by atoms with Crippen LogP contribution < -0.4 is 0 Å². The highest BCUT2D eigenvalue weighted by Crippen LogP contribution is 2.09. The second-order valence-corrected chi connectivity index (χ2v) is 5.43. The molecule has 0 bridgehead atoms. The first-order chi connectivity index (χ1) is 9.95. The summed E-state index contributed by atoms with van der Waals surface area (Å²) in [5.41, 5.74) is 1.86. The lowest BCUT2D eigenvalue weighted by Gasteiger charge is -2.16. The lowest BCUT2D eigenvalue weighted by atomic mass is 10.1. The van der Waals surface area contributed by atoms with Crippen LogP contribution in [-0.2, 0) is 13.1 Å². The minimum absolute atomic E-state index is 0.0335. The molecular formula is C15H21N5O. The van der Waals surface area contributed by atoms with Gasteiger partial charge in [0.2, 0.25) is 0 Å². The minimum atomic E-state index is -0.0335. The van der Waals surface area contributed by atoms with Crippen molar-refractivity contribution < 1.29 is 4.79 Å². The van der Waals surface area contributed by atoms with E-state index in [0.717, 1.165) is 12.4 Å². The number of aryl methyl sites for hydroxylation is 1. The van der Waals surface area contributed by atoms with E-state index in [0.29, 0.717) is 17.9 Å². The molecular weight excluding hydrogens is 266 g/mol. The van der Waals surface area contributed by atoms with Gasteiger partial charge in [0.25, 0.3) is 5.91 Å². The summed E-state index contributed by atoms with van der Waals surface area (Å²) in [6, 6.07) is 7.69. The van der Waals surface area contributed by atoms with Gasteiger partial charge in [0, 0.05) is 19.2 Å². The Morgan fingerprint density at radius 3 is 2.33 bits per heavy atom. The molecule has 0 aliphatic heterocycles. The molecule has 2 rings (SSSR count). The van der Waals surface area contributed by atoms with Crippen LogP contribution in [0.5, 0.6) is 0 Å². The highest BCUT2D eigenvalue weighted by molar-refractivity contribution is 5.94. The van der Waals surface area contributed by atoms with Gasteiger partial charge in [0.15, 0.2) is 5.82 Å². The van der Waals surface area contributed by atoms with Gasteiger partial charge in [-0.3, -0.25) is 9.89 Å². The number of hydrogen-bond acceptors (Lipinski definition) is 4. The van der Waals surface area contributed by atoms with Crippen molar-refractivity contribution in [2.24, 2.45) is 0 Å². The third kappa shape index (κ3) is 4.13. The summed E-state index contributed by atoms with van der Waals surface area (Å²) in [5.74, 6) is 1.33. The lowest BCUT2D eigenvalue weighted by molar-refractivity contribution is 0.0781. The van der Waals surface area contributed by atoms with Crippen LogP contribution in [0, 0.1) is 6.92 Å². The van der Waals surface area contributed by atoms with Crippen molar-refractivity contribution in [2.75, 3.05) is 21.1 Å². The Bertz CT molecular complexity index is 603. The number of hydrogen-bond donors (Lipinski definition) is 1. The Morgan fingerprint density at radius 1 is 1.14 bits per heavy atom. The molecule has 0 aliphatic carbocycles. The first-order valence-corrected chi connectivity index (χ1v) is 6.82. The van der Waals surface area contributed by atoms with Crippen LogP contribution in [0.25, 0.3) is 0 Å². The molecule has 0 radical (unpaired) electrons. The first-order valence-electron chi connectivity index (χ1n) is 6.82. The third-order valence-corrected chi connectivity index (χ3v) is 3.07. The van der Waals surface area contributed by atoms with Gasteiger partial charge in [0.1, 0.15) is 5.82 Å². The molecule has 112 valence electrons. The van der Waals surface area contributed by atoms with E-state index in [2.05, 4.69) is 20.1 Å². The fourth-order valence-electron chi connectivity index (χ4n) is 2.08. The highest BCUT2D eigenvalue weighted by atomic mass is 16.2. The first kappa shape index (κ1) is 15.2. The van der Waals surface area contributed by atoms with Crippen molar-refractivity contribution in [3.05, 3.63) is 47.0 Å². The Kier molecular flexibility index (Phi) is 4.70. The molecule has 6 heteroatoms. The fourth-order valence-corrected chi connectivity index (χ4v) is 2.08. The molecule has 1 amide bonds. The van der Waals surface area contributed by atoms with E-state index in [1.54, 1.807) is 11.9 Å². The monoisotopic (exact) mass is 287 g/mol. The fraction of sp³-hybridized carbons (Fsp3) is 0.400. The number of nitrogens with zero attached hydrogens (tertiary/aromatic N) is 4. The Morgan fingerprint density at radius 2 is 1.81 bits per heavy atom. The zero-order chi connectivity index (χ0) is 15.4. The Balaban J connectivity index is 2.01. The minimum Gasteiger partial charge on any atom is -0.334 e. The summed E-state index contributed by atoms with van der Waals surface area (Å²) in [6.45, 7) is 3.09. The van der Waals surface area contributed by atoms with Gasteiger partial charge in [-0.15, -0.1) is 0 Å². The molecule has 6 nitrogen and oxygen atoms in total. The van der Waals surface area contributed by atoms with Gasteiger partial charge < -0.3 is 9.80 Å². The number of benzene rings is 1. The van der Waals surface area contributed by atoms with E-state index in [4.69, 9.17) is 0 Å². The summed E-state index contributed by atoms with van der Waals surface area (Å²) >= 11 is 0. The molecule has 0 unspecified atom stereocenters. The molecule has 0 fully saturated rings. The van der Waals surface area contributed by atoms with Crippen molar-refractivity contribution in [3.8, 4) is 0 Å². The van der Waals surface area contributed by atoms with Crippen molar-refractivity contribution in [1.29, 1.82) is 0 Å². The number of carbonyl (C=O) groups is 1. The van der Waals surface area contributed by atoms with Gasteiger partial charge in [0.05, 0.1) is 6.54 Å².